The molecule has 144 valence electrons. The Balaban J connectivity index is 1.81. The maximum Gasteiger partial charge on any atom is 0.115 e. The van der Waals surface area contributed by atoms with Gasteiger partial charge in [-0.05, 0) is 111 Å². The summed E-state index contributed by atoms with van der Waals surface area (Å²) in [6, 6.07) is 14.7. The minimum atomic E-state index is 0.249. The Morgan fingerprint density at radius 1 is 0.690 bits per heavy atom. The summed E-state index contributed by atoms with van der Waals surface area (Å²) in [5.74, 6) is 3.38. The lowest BCUT2D eigenvalue weighted by atomic mass is 9.78. The monoisotopic (exact) mass is 380 g/mol. The van der Waals surface area contributed by atoms with Crippen LogP contribution in [-0.2, 0) is 0 Å². The van der Waals surface area contributed by atoms with Crippen molar-refractivity contribution in [1.29, 1.82) is 0 Å². The van der Waals surface area contributed by atoms with E-state index in [9.17, 15) is 10.2 Å². The third kappa shape index (κ3) is 4.69. The van der Waals surface area contributed by atoms with Crippen LogP contribution in [0.15, 0.2) is 54.1 Å². The van der Waals surface area contributed by atoms with Gasteiger partial charge in [-0.2, -0.15) is 0 Å². The Morgan fingerprint density at radius 3 is 1.62 bits per heavy atom. The first-order valence-corrected chi connectivity index (χ1v) is 9.87. The summed E-state index contributed by atoms with van der Waals surface area (Å²) in [7, 11) is 0. The number of hydrogen-bond donors (Lipinski definition) is 2. The van der Waals surface area contributed by atoms with E-state index in [0.29, 0.717) is 5.92 Å². The van der Waals surface area contributed by atoms with Gasteiger partial charge < -0.3 is 10.2 Å². The number of phenols is 2. The molecule has 0 unspecified atom stereocenters. The van der Waals surface area contributed by atoms with E-state index < -0.39 is 0 Å². The summed E-state index contributed by atoms with van der Waals surface area (Å²) in [5.41, 5.74) is 4.45. The molecule has 2 aromatic carbocycles. The van der Waals surface area contributed by atoms with E-state index in [1.165, 1.54) is 17.4 Å². The fourth-order valence-electron chi connectivity index (χ4n) is 3.85. The molecule has 2 N–H and O–H groups in total. The standard InChI is InChI=1S/C27H24O2/c1-19(20-6-2-3-7-20)18-26(21-8-4-5-9-21)27(22-10-14-24(28)15-11-22)23-12-16-25(29)17-13-23/h2-17,19,28-29H,18H2,1H3/t19-/m0/s1. The van der Waals surface area contributed by atoms with Gasteiger partial charge in [0, 0.05) is 5.92 Å². The zero-order chi connectivity index (χ0) is 20.2. The van der Waals surface area contributed by atoms with Crippen LogP contribution in [0.5, 0.6) is 11.5 Å². The molecule has 0 aliphatic heterocycles. The lowest BCUT2D eigenvalue weighted by molar-refractivity contribution is 0.475. The lowest BCUT2D eigenvalue weighted by Crippen LogP contribution is -2.12. The fraction of sp³-hybridized carbons (Fsp3) is 0.111. The van der Waals surface area contributed by atoms with Gasteiger partial charge in [-0.3, -0.25) is 0 Å². The molecule has 2 aliphatic rings. The van der Waals surface area contributed by atoms with E-state index >= 15 is 0 Å². The average molecular weight is 380 g/mol. The summed E-state index contributed by atoms with van der Waals surface area (Å²) in [6.07, 6.45) is 17.8. The molecule has 4 rings (SSSR count). The summed E-state index contributed by atoms with van der Waals surface area (Å²) in [5, 5.41) is 19.6. The molecule has 2 nitrogen and oxygen atoms in total. The molecule has 29 heavy (non-hydrogen) atoms. The van der Waals surface area contributed by atoms with Crippen LogP contribution in [0.4, 0.5) is 0 Å². The largest absolute Gasteiger partial charge is 0.508 e. The summed E-state index contributed by atoms with van der Waals surface area (Å²) >= 11 is 0. The lowest BCUT2D eigenvalue weighted by Gasteiger charge is -2.26. The second-order valence-electron chi connectivity index (χ2n) is 7.44. The van der Waals surface area contributed by atoms with Crippen LogP contribution in [-0.4, -0.2) is 10.2 Å². The van der Waals surface area contributed by atoms with Gasteiger partial charge in [-0.15, -0.1) is 0 Å². The van der Waals surface area contributed by atoms with E-state index in [-0.39, 0.29) is 11.5 Å². The van der Waals surface area contributed by atoms with Gasteiger partial charge >= 0.3 is 0 Å². The molecule has 0 bridgehead atoms. The first kappa shape index (κ1) is 20.1. The number of hydrogen-bond acceptors (Lipinski definition) is 2. The predicted molar refractivity (Wildman–Crippen MR) is 117 cm³/mol. The second kappa shape index (κ2) is 9.07. The zero-order valence-corrected chi connectivity index (χ0v) is 16.4. The fourth-order valence-corrected chi connectivity index (χ4v) is 3.85. The highest BCUT2D eigenvalue weighted by Crippen LogP contribution is 2.44. The van der Waals surface area contributed by atoms with Gasteiger partial charge in [0.25, 0.3) is 0 Å². The smallest absolute Gasteiger partial charge is 0.115 e. The molecule has 2 saturated carbocycles. The SMILES string of the molecule is C[C@@H](CC([C]1[CH][CH][CH][CH]1)=C(c1ccc(O)cc1)c1ccc(O)cc1)[C]1[CH][CH][CH][CH]1. The third-order valence-corrected chi connectivity index (χ3v) is 5.39. The molecule has 2 fully saturated rings. The molecule has 0 amide bonds. The molecular weight excluding hydrogens is 356 g/mol. The van der Waals surface area contributed by atoms with E-state index in [1.807, 2.05) is 24.3 Å². The Bertz CT molecular complexity index is 772. The topological polar surface area (TPSA) is 40.5 Å². The van der Waals surface area contributed by atoms with Crippen molar-refractivity contribution < 1.29 is 10.2 Å². The molecule has 0 heterocycles. The predicted octanol–water partition coefficient (Wildman–Crippen LogP) is 5.74. The maximum absolute atomic E-state index is 9.79. The van der Waals surface area contributed by atoms with Gasteiger partial charge in [0.2, 0.25) is 0 Å². The van der Waals surface area contributed by atoms with Crippen LogP contribution in [0.25, 0.3) is 5.57 Å². The van der Waals surface area contributed by atoms with Gasteiger partial charge in [0.1, 0.15) is 11.5 Å². The molecule has 2 aromatic rings. The van der Waals surface area contributed by atoms with E-state index in [0.717, 1.165) is 23.1 Å². The molecule has 0 saturated heterocycles. The highest BCUT2D eigenvalue weighted by Gasteiger charge is 2.30. The molecule has 0 aromatic heterocycles. The highest BCUT2D eigenvalue weighted by molar-refractivity contribution is 5.85. The Labute approximate surface area is 175 Å². The van der Waals surface area contributed by atoms with Gasteiger partial charge in [-0.1, -0.05) is 36.8 Å². The Morgan fingerprint density at radius 2 is 1.14 bits per heavy atom. The van der Waals surface area contributed by atoms with Gasteiger partial charge in [-0.25, -0.2) is 0 Å². The van der Waals surface area contributed by atoms with Crippen molar-refractivity contribution in [3.05, 3.63) is 128 Å². The van der Waals surface area contributed by atoms with Crippen molar-refractivity contribution in [2.45, 2.75) is 13.3 Å². The minimum absolute atomic E-state index is 0.249. The molecule has 2 aliphatic carbocycles. The third-order valence-electron chi connectivity index (χ3n) is 5.39. The van der Waals surface area contributed by atoms with Crippen LogP contribution in [0.1, 0.15) is 24.5 Å². The van der Waals surface area contributed by atoms with E-state index in [1.54, 1.807) is 24.3 Å². The number of phenolic OH excluding ortho intramolecular Hbond substituents is 2. The normalized spacial score (nSPS) is 18.8. The van der Waals surface area contributed by atoms with Crippen molar-refractivity contribution in [1.82, 2.24) is 0 Å². The van der Waals surface area contributed by atoms with E-state index in [2.05, 4.69) is 58.3 Å². The molecule has 2 heteroatoms. The van der Waals surface area contributed by atoms with Crippen molar-refractivity contribution >= 4 is 5.57 Å². The molecule has 10 radical (unpaired) electrons. The maximum atomic E-state index is 9.79. The van der Waals surface area contributed by atoms with Crippen molar-refractivity contribution in [2.24, 2.45) is 5.92 Å². The molecule has 1 atom stereocenters. The van der Waals surface area contributed by atoms with Crippen LogP contribution < -0.4 is 0 Å². The zero-order valence-electron chi connectivity index (χ0n) is 16.4. The van der Waals surface area contributed by atoms with Crippen LogP contribution in [0, 0.1) is 69.1 Å². The van der Waals surface area contributed by atoms with Crippen molar-refractivity contribution in [2.75, 3.05) is 0 Å². The van der Waals surface area contributed by atoms with Crippen LogP contribution in [0.3, 0.4) is 0 Å². The van der Waals surface area contributed by atoms with Crippen molar-refractivity contribution in [3.63, 3.8) is 0 Å². The Hall–Kier alpha value is -2.22. The van der Waals surface area contributed by atoms with E-state index in [4.69, 9.17) is 0 Å². The van der Waals surface area contributed by atoms with Crippen LogP contribution in [0.2, 0.25) is 0 Å². The number of aromatic hydroxyl groups is 2. The molecular formula is C27H24O2. The van der Waals surface area contributed by atoms with Crippen LogP contribution >= 0.6 is 0 Å². The van der Waals surface area contributed by atoms with Gasteiger partial charge in [0.15, 0.2) is 0 Å². The Kier molecular flexibility index (Phi) is 6.28. The minimum Gasteiger partial charge on any atom is -0.508 e. The number of allylic oxidation sites excluding steroid dienone is 1. The summed E-state index contributed by atoms with van der Waals surface area (Å²) in [4.78, 5) is 0. The van der Waals surface area contributed by atoms with Gasteiger partial charge in [0.05, 0.1) is 0 Å². The summed E-state index contributed by atoms with van der Waals surface area (Å²) in [6.45, 7) is 2.25. The first-order chi connectivity index (χ1) is 14.1. The number of rotatable bonds is 6. The first-order valence-electron chi connectivity index (χ1n) is 9.87. The second-order valence-corrected chi connectivity index (χ2v) is 7.44. The quantitative estimate of drug-likeness (QED) is 0.671. The number of benzene rings is 2. The molecule has 0 spiro atoms. The van der Waals surface area contributed by atoms with Crippen molar-refractivity contribution in [3.8, 4) is 11.5 Å². The highest BCUT2D eigenvalue weighted by atomic mass is 16.3. The average Bonchev–Trinajstić information content (AvgIpc) is 3.44. The summed E-state index contributed by atoms with van der Waals surface area (Å²) < 4.78 is 0.